The molecule has 0 aliphatic carbocycles. The Kier molecular flexibility index (Phi) is 4.85. The number of nitrogens with one attached hydrogen (secondary N) is 1. The highest BCUT2D eigenvalue weighted by Gasteiger charge is 2.15. The second-order valence-corrected chi connectivity index (χ2v) is 5.75. The van der Waals surface area contributed by atoms with Gasteiger partial charge in [0.25, 0.3) is 5.91 Å². The Morgan fingerprint density at radius 1 is 1.17 bits per heavy atom. The average molecular weight is 323 g/mol. The Hall–Kier alpha value is -2.75. The van der Waals surface area contributed by atoms with Gasteiger partial charge in [0.05, 0.1) is 12.6 Å². The molecule has 124 valence electrons. The Bertz CT molecular complexity index is 787. The lowest BCUT2D eigenvalue weighted by atomic mass is 10.1. The zero-order chi connectivity index (χ0) is 16.9. The van der Waals surface area contributed by atoms with Crippen LogP contribution in [0.15, 0.2) is 59.0 Å². The molecular weight excluding hydrogens is 302 g/mol. The fraction of sp³-hybridized carbons (Fsp3) is 0.250. The molecule has 0 radical (unpaired) electrons. The van der Waals surface area contributed by atoms with Gasteiger partial charge in [-0.15, -0.1) is 0 Å². The Morgan fingerprint density at radius 3 is 2.62 bits per heavy atom. The van der Waals surface area contributed by atoms with E-state index in [1.165, 1.54) is 0 Å². The lowest BCUT2D eigenvalue weighted by Crippen LogP contribution is -2.26. The number of para-hydroxylation sites is 1. The lowest BCUT2D eigenvalue weighted by Gasteiger charge is -2.12. The molecule has 3 rings (SSSR count). The van der Waals surface area contributed by atoms with Crippen LogP contribution in [0.5, 0.6) is 5.75 Å². The number of furan rings is 1. The van der Waals surface area contributed by atoms with E-state index in [1.54, 1.807) is 12.1 Å². The molecule has 4 heteroatoms. The third-order valence-electron chi connectivity index (χ3n) is 3.81. The Balaban J connectivity index is 1.67. The highest BCUT2D eigenvalue weighted by Crippen LogP contribution is 2.24. The molecule has 2 aromatic carbocycles. The van der Waals surface area contributed by atoms with Gasteiger partial charge in [0, 0.05) is 10.9 Å². The van der Waals surface area contributed by atoms with Gasteiger partial charge < -0.3 is 14.5 Å². The number of carbonyl (C=O) groups excluding carboxylic acids is 1. The van der Waals surface area contributed by atoms with Gasteiger partial charge in [0.2, 0.25) is 0 Å². The van der Waals surface area contributed by atoms with Crippen molar-refractivity contribution in [3.63, 3.8) is 0 Å². The second kappa shape index (κ2) is 7.21. The minimum atomic E-state index is -0.207. The predicted molar refractivity (Wildman–Crippen MR) is 94.3 cm³/mol. The van der Waals surface area contributed by atoms with E-state index in [0.717, 1.165) is 28.9 Å². The van der Waals surface area contributed by atoms with Crippen LogP contribution in [-0.2, 0) is 0 Å². The maximum absolute atomic E-state index is 12.4. The Labute approximate surface area is 141 Å². The number of fused-ring (bicyclic) bond motifs is 1. The maximum Gasteiger partial charge on any atom is 0.251 e. The number of ether oxygens (including phenoxy) is 1. The van der Waals surface area contributed by atoms with E-state index in [2.05, 4.69) is 12.2 Å². The Morgan fingerprint density at radius 2 is 1.92 bits per heavy atom. The largest absolute Gasteiger partial charge is 0.494 e. The van der Waals surface area contributed by atoms with Crippen LogP contribution < -0.4 is 10.1 Å². The van der Waals surface area contributed by atoms with Crippen molar-refractivity contribution in [2.24, 2.45) is 0 Å². The van der Waals surface area contributed by atoms with E-state index >= 15 is 0 Å². The van der Waals surface area contributed by atoms with E-state index in [0.29, 0.717) is 12.2 Å². The molecule has 24 heavy (non-hydrogen) atoms. The fourth-order valence-electron chi connectivity index (χ4n) is 2.49. The zero-order valence-corrected chi connectivity index (χ0v) is 13.9. The van der Waals surface area contributed by atoms with E-state index in [9.17, 15) is 4.79 Å². The number of rotatable bonds is 6. The summed E-state index contributed by atoms with van der Waals surface area (Å²) in [6.07, 6.45) is 0.956. The monoisotopic (exact) mass is 323 g/mol. The molecule has 0 aliphatic rings. The molecule has 0 bridgehead atoms. The van der Waals surface area contributed by atoms with Gasteiger partial charge in [-0.25, -0.2) is 0 Å². The van der Waals surface area contributed by atoms with Crippen molar-refractivity contribution in [3.8, 4) is 5.75 Å². The van der Waals surface area contributed by atoms with E-state index in [1.807, 2.05) is 49.4 Å². The third-order valence-corrected chi connectivity index (χ3v) is 3.81. The van der Waals surface area contributed by atoms with Crippen molar-refractivity contribution in [2.75, 3.05) is 6.61 Å². The van der Waals surface area contributed by atoms with Crippen molar-refractivity contribution >= 4 is 16.9 Å². The van der Waals surface area contributed by atoms with E-state index < -0.39 is 0 Å². The first-order chi connectivity index (χ1) is 11.7. The summed E-state index contributed by atoms with van der Waals surface area (Å²) >= 11 is 0. The average Bonchev–Trinajstić information content (AvgIpc) is 3.04. The van der Waals surface area contributed by atoms with Crippen LogP contribution in [0, 0.1) is 0 Å². The van der Waals surface area contributed by atoms with Gasteiger partial charge in [-0.3, -0.25) is 4.79 Å². The molecule has 1 heterocycles. The molecule has 0 saturated carbocycles. The molecule has 4 nitrogen and oxygen atoms in total. The number of hydrogen-bond acceptors (Lipinski definition) is 3. The number of amides is 1. The molecule has 0 aliphatic heterocycles. The number of carbonyl (C=O) groups is 1. The van der Waals surface area contributed by atoms with Crippen LogP contribution in [0.25, 0.3) is 11.0 Å². The summed E-state index contributed by atoms with van der Waals surface area (Å²) in [6, 6.07) is 16.7. The molecule has 1 atom stereocenters. The van der Waals surface area contributed by atoms with Gasteiger partial charge in [0.15, 0.2) is 0 Å². The molecule has 1 aromatic heterocycles. The molecule has 1 N–H and O–H groups in total. The van der Waals surface area contributed by atoms with Crippen LogP contribution in [0.1, 0.15) is 42.4 Å². The van der Waals surface area contributed by atoms with Crippen molar-refractivity contribution in [1.29, 1.82) is 0 Å². The first kappa shape index (κ1) is 16.1. The maximum atomic E-state index is 12.4. The van der Waals surface area contributed by atoms with Gasteiger partial charge >= 0.3 is 0 Å². The van der Waals surface area contributed by atoms with Gasteiger partial charge in [0.1, 0.15) is 17.1 Å². The number of benzene rings is 2. The van der Waals surface area contributed by atoms with Gasteiger partial charge in [-0.1, -0.05) is 25.1 Å². The normalized spacial score (nSPS) is 12.1. The summed E-state index contributed by atoms with van der Waals surface area (Å²) in [5.41, 5.74) is 1.42. The van der Waals surface area contributed by atoms with Crippen molar-refractivity contribution < 1.29 is 13.9 Å². The summed E-state index contributed by atoms with van der Waals surface area (Å²) in [5, 5.41) is 4.00. The molecule has 1 amide bonds. The highest BCUT2D eigenvalue weighted by molar-refractivity contribution is 5.94. The summed E-state index contributed by atoms with van der Waals surface area (Å²) in [7, 11) is 0. The molecule has 3 aromatic rings. The fourth-order valence-corrected chi connectivity index (χ4v) is 2.49. The molecule has 0 unspecified atom stereocenters. The lowest BCUT2D eigenvalue weighted by molar-refractivity contribution is 0.0935. The SMILES string of the molecule is CCCOc1ccc(C(=O)N[C@H](C)c2cc3ccccc3o2)cc1. The van der Waals surface area contributed by atoms with Crippen LogP contribution in [0.4, 0.5) is 0 Å². The smallest absolute Gasteiger partial charge is 0.251 e. The van der Waals surface area contributed by atoms with Crippen LogP contribution >= 0.6 is 0 Å². The standard InChI is InChI=1S/C20H21NO3/c1-3-12-23-17-10-8-15(9-11-17)20(22)21-14(2)19-13-16-6-4-5-7-18(16)24-19/h4-11,13-14H,3,12H2,1-2H3,(H,21,22)/t14-/m1/s1. The molecular formula is C20H21NO3. The summed E-state index contributed by atoms with van der Waals surface area (Å²) < 4.78 is 11.3. The molecule has 0 fully saturated rings. The molecule has 0 saturated heterocycles. The van der Waals surface area contributed by atoms with E-state index in [4.69, 9.17) is 9.15 Å². The summed E-state index contributed by atoms with van der Waals surface area (Å²) in [5.74, 6) is 1.39. The van der Waals surface area contributed by atoms with Crippen LogP contribution in [-0.4, -0.2) is 12.5 Å². The summed E-state index contributed by atoms with van der Waals surface area (Å²) in [4.78, 5) is 12.4. The van der Waals surface area contributed by atoms with Gasteiger partial charge in [-0.2, -0.15) is 0 Å². The van der Waals surface area contributed by atoms with Crippen molar-refractivity contribution in [3.05, 3.63) is 65.9 Å². The highest BCUT2D eigenvalue weighted by atomic mass is 16.5. The number of hydrogen-bond donors (Lipinski definition) is 1. The van der Waals surface area contributed by atoms with E-state index in [-0.39, 0.29) is 11.9 Å². The van der Waals surface area contributed by atoms with Crippen molar-refractivity contribution in [1.82, 2.24) is 5.32 Å². The van der Waals surface area contributed by atoms with Gasteiger partial charge in [-0.05, 0) is 49.7 Å². The third kappa shape index (κ3) is 3.59. The summed E-state index contributed by atoms with van der Waals surface area (Å²) in [6.45, 7) is 4.64. The zero-order valence-electron chi connectivity index (χ0n) is 13.9. The second-order valence-electron chi connectivity index (χ2n) is 5.75. The first-order valence-electron chi connectivity index (χ1n) is 8.19. The predicted octanol–water partition coefficient (Wildman–Crippen LogP) is 4.71. The minimum Gasteiger partial charge on any atom is -0.494 e. The topological polar surface area (TPSA) is 51.5 Å². The molecule has 0 spiro atoms. The quantitative estimate of drug-likeness (QED) is 0.714. The van der Waals surface area contributed by atoms with Crippen LogP contribution in [0.3, 0.4) is 0 Å². The minimum absolute atomic E-state index is 0.134. The first-order valence-corrected chi connectivity index (χ1v) is 8.19. The van der Waals surface area contributed by atoms with Crippen LogP contribution in [0.2, 0.25) is 0 Å². The van der Waals surface area contributed by atoms with Crippen molar-refractivity contribution in [2.45, 2.75) is 26.3 Å².